The quantitative estimate of drug-likeness (QED) is 0.318. The number of unbranched alkanes of at least 4 members (excludes halogenated alkanes) is 9. The van der Waals surface area contributed by atoms with Gasteiger partial charge < -0.3 is 9.95 Å². The van der Waals surface area contributed by atoms with E-state index in [1.807, 2.05) is 24.3 Å². The van der Waals surface area contributed by atoms with E-state index in [9.17, 15) is 0 Å². The summed E-state index contributed by atoms with van der Waals surface area (Å²) < 4.78 is 16.0. The van der Waals surface area contributed by atoms with Gasteiger partial charge in [0.1, 0.15) is 0 Å². The summed E-state index contributed by atoms with van der Waals surface area (Å²) in [5.74, 6) is 0. The second-order valence-corrected chi connectivity index (χ2v) is 6.50. The third kappa shape index (κ3) is 7.20. The zero-order valence-electron chi connectivity index (χ0n) is 17.1. The summed E-state index contributed by atoms with van der Waals surface area (Å²) in [7, 11) is 0. The van der Waals surface area contributed by atoms with E-state index in [0.29, 0.717) is 11.4 Å². The molecule has 2 rings (SSSR count). The van der Waals surface area contributed by atoms with E-state index in [4.69, 9.17) is 2.82 Å². The lowest BCUT2D eigenvalue weighted by atomic mass is 10.1. The first-order chi connectivity index (χ1) is 12.7. The second-order valence-electron chi connectivity index (χ2n) is 6.50. The van der Waals surface area contributed by atoms with Gasteiger partial charge >= 0.3 is 0 Å². The van der Waals surface area contributed by atoms with Crippen LogP contribution in [0.15, 0.2) is 35.5 Å². The molecule has 2 aromatic heterocycles. The number of H-pyrrole nitrogens is 2. The largest absolute Gasteiger partial charge is 0.360 e. The summed E-state index contributed by atoms with van der Waals surface area (Å²) in [6.07, 6.45) is 16.7. The summed E-state index contributed by atoms with van der Waals surface area (Å²) in [5.41, 5.74) is 2.19. The number of hydrogen-bond acceptors (Lipinski definition) is 1. The molecule has 24 heavy (non-hydrogen) atoms. The molecule has 2 heterocycles. The Balaban J connectivity index is 1.60. The SMILES string of the molecule is [2H]n1cccc1-c1ccc(C=NCCCCCCCCCCCC)n1[2H]. The summed E-state index contributed by atoms with van der Waals surface area (Å²) in [4.78, 5) is 7.10. The van der Waals surface area contributed by atoms with Gasteiger partial charge in [0.25, 0.3) is 0 Å². The fourth-order valence-electron chi connectivity index (χ4n) is 2.89. The predicted molar refractivity (Wildman–Crippen MR) is 105 cm³/mol. The van der Waals surface area contributed by atoms with Gasteiger partial charge in [-0.3, -0.25) is 4.99 Å². The molecule has 3 nitrogen and oxygen atoms in total. The van der Waals surface area contributed by atoms with Crippen LogP contribution in [0.4, 0.5) is 0 Å². The van der Waals surface area contributed by atoms with Crippen molar-refractivity contribution in [2.75, 3.05) is 6.54 Å². The molecule has 0 unspecified atom stereocenters. The number of hydrogen-bond donors (Lipinski definition) is 2. The van der Waals surface area contributed by atoms with Gasteiger partial charge in [-0.25, -0.2) is 0 Å². The van der Waals surface area contributed by atoms with Crippen molar-refractivity contribution in [3.63, 3.8) is 0 Å². The minimum absolute atomic E-state index is 0.713. The Morgan fingerprint density at radius 1 is 0.917 bits per heavy atom. The monoisotopic (exact) mass is 329 g/mol. The molecule has 0 atom stereocenters. The number of aromatic amines is 2. The van der Waals surface area contributed by atoms with Crippen molar-refractivity contribution in [1.82, 2.24) is 9.95 Å². The van der Waals surface area contributed by atoms with Gasteiger partial charge in [0.2, 0.25) is 0 Å². The maximum atomic E-state index is 8.18. The molecule has 3 heteroatoms. The highest BCUT2D eigenvalue weighted by Gasteiger charge is 1.99. The van der Waals surface area contributed by atoms with Crippen molar-refractivity contribution in [2.45, 2.75) is 71.1 Å². The lowest BCUT2D eigenvalue weighted by Crippen LogP contribution is -1.87. The molecule has 0 fully saturated rings. The summed E-state index contributed by atoms with van der Waals surface area (Å²) in [5, 5.41) is 0. The first-order valence-corrected chi connectivity index (χ1v) is 9.62. The molecule has 0 saturated heterocycles. The molecular formula is C21H33N3. The summed E-state index contributed by atoms with van der Waals surface area (Å²) >= 11 is 0. The van der Waals surface area contributed by atoms with Crippen LogP contribution in [0.5, 0.6) is 0 Å². The highest BCUT2D eigenvalue weighted by Crippen LogP contribution is 2.15. The average molecular weight is 330 g/mol. The Labute approximate surface area is 149 Å². The number of nitrogens with zero attached hydrogens (tertiary/aromatic N) is 1. The standard InChI is InChI=1S/C21H33N3/c1-2-3-4-5-6-7-8-9-10-11-16-22-18-19-14-15-21(24-19)20-13-12-17-23-20/h12-15,17-18,23-24H,2-11,16H2,1H3/i/hD2. The van der Waals surface area contributed by atoms with Crippen LogP contribution in [0.1, 0.15) is 76.8 Å². The van der Waals surface area contributed by atoms with Crippen LogP contribution in [0.3, 0.4) is 0 Å². The van der Waals surface area contributed by atoms with Gasteiger partial charge in [0.15, 0.2) is 2.82 Å². The third-order valence-electron chi connectivity index (χ3n) is 4.34. The first kappa shape index (κ1) is 15.7. The van der Waals surface area contributed by atoms with Crippen LogP contribution in [0.2, 0.25) is 2.82 Å². The Kier molecular flexibility index (Phi) is 7.68. The Morgan fingerprint density at radius 2 is 1.62 bits per heavy atom. The zero-order chi connectivity index (χ0) is 18.6. The fraction of sp³-hybridized carbons (Fsp3) is 0.571. The van der Waals surface area contributed by atoms with E-state index in [-0.39, 0.29) is 0 Å². The number of aromatic nitrogens is 2. The van der Waals surface area contributed by atoms with E-state index in [2.05, 4.69) is 11.9 Å². The molecule has 2 aromatic rings. The smallest absolute Gasteiger partial charge is 0.167 e. The molecule has 0 aliphatic rings. The van der Waals surface area contributed by atoms with Crippen molar-refractivity contribution < 1.29 is 2.82 Å². The van der Waals surface area contributed by atoms with Crippen molar-refractivity contribution in [3.05, 3.63) is 36.2 Å². The molecule has 0 amide bonds. The molecule has 0 aliphatic heterocycles. The summed E-state index contributed by atoms with van der Waals surface area (Å²) in [6, 6.07) is 7.42. The molecular weight excluding hydrogens is 294 g/mol. The average Bonchev–Trinajstić information content (AvgIpc) is 3.21. The minimum Gasteiger partial charge on any atom is -0.360 e. The predicted octanol–water partition coefficient (Wildman–Crippen LogP) is 6.35. The van der Waals surface area contributed by atoms with Gasteiger partial charge in [-0.05, 0) is 30.7 Å². The van der Waals surface area contributed by atoms with Gasteiger partial charge in [0, 0.05) is 19.0 Å². The summed E-state index contributed by atoms with van der Waals surface area (Å²) in [6.45, 7) is 3.09. The van der Waals surface area contributed by atoms with Gasteiger partial charge in [0.05, 0.1) is 17.1 Å². The molecule has 0 aliphatic carbocycles. The topological polar surface area (TPSA) is 43.9 Å². The van der Waals surface area contributed by atoms with Crippen molar-refractivity contribution in [2.24, 2.45) is 4.99 Å². The molecule has 0 aromatic carbocycles. The number of aliphatic imine (C=N–C) groups is 1. The van der Waals surface area contributed by atoms with E-state index in [0.717, 1.165) is 18.7 Å². The highest BCUT2D eigenvalue weighted by molar-refractivity contribution is 5.79. The van der Waals surface area contributed by atoms with Gasteiger partial charge in [-0.15, -0.1) is 0 Å². The minimum atomic E-state index is 0.713. The van der Waals surface area contributed by atoms with Crippen LogP contribution in [0, 0.1) is 0 Å². The highest BCUT2D eigenvalue weighted by atomic mass is 14.8. The van der Waals surface area contributed by atoms with Crippen molar-refractivity contribution >= 4 is 6.21 Å². The van der Waals surface area contributed by atoms with E-state index < -0.39 is 0 Å². The van der Waals surface area contributed by atoms with Crippen LogP contribution < -0.4 is 0 Å². The lowest BCUT2D eigenvalue weighted by Gasteiger charge is -2.01. The van der Waals surface area contributed by atoms with E-state index in [1.54, 1.807) is 12.4 Å². The molecule has 0 saturated carbocycles. The second kappa shape index (κ2) is 11.7. The maximum Gasteiger partial charge on any atom is 0.167 e. The van der Waals surface area contributed by atoms with Crippen LogP contribution in [-0.2, 0) is 0 Å². The number of rotatable bonds is 13. The first-order valence-electron chi connectivity index (χ1n) is 10.5. The molecule has 2 N–H and O–H groups in total. The van der Waals surface area contributed by atoms with Crippen LogP contribution >= 0.6 is 0 Å². The zero-order valence-corrected chi connectivity index (χ0v) is 15.1. The number of nitrogens with one attached hydrogen (secondary N) is 2. The van der Waals surface area contributed by atoms with Crippen molar-refractivity contribution in [3.8, 4) is 11.4 Å². The van der Waals surface area contributed by atoms with Crippen LogP contribution in [-0.4, -0.2) is 22.7 Å². The lowest BCUT2D eigenvalue weighted by molar-refractivity contribution is 0.558. The Bertz CT molecular complexity index is 658. The van der Waals surface area contributed by atoms with E-state index in [1.165, 1.54) is 67.7 Å². The normalized spacial score (nSPS) is 12.7. The van der Waals surface area contributed by atoms with Gasteiger partial charge in [-0.2, -0.15) is 0 Å². The molecule has 0 radical (unpaired) electrons. The fourth-order valence-corrected chi connectivity index (χ4v) is 2.89. The molecule has 0 bridgehead atoms. The Hall–Kier alpha value is -1.77. The Morgan fingerprint density at radius 3 is 2.29 bits per heavy atom. The van der Waals surface area contributed by atoms with Gasteiger partial charge in [-0.1, -0.05) is 64.7 Å². The van der Waals surface area contributed by atoms with Crippen molar-refractivity contribution in [1.29, 1.82) is 0 Å². The third-order valence-corrected chi connectivity index (χ3v) is 4.34. The molecule has 0 spiro atoms. The molecule has 132 valence electrons. The maximum absolute atomic E-state index is 8.18. The van der Waals surface area contributed by atoms with E-state index >= 15 is 0 Å². The van der Waals surface area contributed by atoms with Crippen LogP contribution in [0.25, 0.3) is 11.4 Å².